The molecule has 0 aromatic carbocycles. The van der Waals surface area contributed by atoms with Crippen LogP contribution < -0.4 is 0 Å². The van der Waals surface area contributed by atoms with Crippen LogP contribution in [0.15, 0.2) is 66.9 Å². The third-order valence-corrected chi connectivity index (χ3v) is 5.68. The first kappa shape index (κ1) is 17.7. The van der Waals surface area contributed by atoms with Gasteiger partial charge in [-0.25, -0.2) is 9.97 Å². The number of rotatable bonds is 1. The minimum Gasteiger partial charge on any atom is -0.370 e. The Kier molecular flexibility index (Phi) is 3.99. The summed E-state index contributed by atoms with van der Waals surface area (Å²) in [7, 11) is 2.10. The van der Waals surface area contributed by atoms with Crippen LogP contribution in [-0.2, 0) is 0 Å². The number of H-pyrrole nitrogens is 2. The van der Waals surface area contributed by atoms with E-state index in [1.165, 1.54) is 5.56 Å². The predicted octanol–water partition coefficient (Wildman–Crippen LogP) is 5.71. The largest absolute Gasteiger partial charge is 0.370 e. The number of nitrogens with one attached hydrogen (secondary N) is 2. The lowest BCUT2D eigenvalue weighted by Gasteiger charge is -2.25. The predicted molar refractivity (Wildman–Crippen MR) is 128 cm³/mol. The fraction of sp³-hybridized carbons (Fsp3) is 0.0769. The number of likely N-dealkylation sites (N-methyl/N-ethyl adjacent to an activating group) is 1. The summed E-state index contributed by atoms with van der Waals surface area (Å²) in [6.07, 6.45) is 16.6. The summed E-state index contributed by atoms with van der Waals surface area (Å²) >= 11 is 0. The molecular formula is C26H21N5. The van der Waals surface area contributed by atoms with Crippen molar-refractivity contribution in [3.05, 3.63) is 95.2 Å². The van der Waals surface area contributed by atoms with Crippen molar-refractivity contribution in [3.63, 3.8) is 0 Å². The van der Waals surface area contributed by atoms with E-state index in [0.717, 1.165) is 44.8 Å². The van der Waals surface area contributed by atoms with Crippen molar-refractivity contribution in [2.75, 3.05) is 7.05 Å². The third-order valence-electron chi connectivity index (χ3n) is 5.68. The summed E-state index contributed by atoms with van der Waals surface area (Å²) in [5.74, 6) is 0. The van der Waals surface area contributed by atoms with Crippen LogP contribution in [0.2, 0.25) is 0 Å². The number of aromatic amines is 2. The molecule has 3 aromatic rings. The van der Waals surface area contributed by atoms with Gasteiger partial charge >= 0.3 is 0 Å². The SMILES string of the molecule is CN1C=CC=CC1c1cc2cc3ccc(cc4nc(cc5nc(cc1[nH]2)C=C5)C=C4)[nH]3. The smallest absolute Gasteiger partial charge is 0.0741 e. The van der Waals surface area contributed by atoms with Crippen LogP contribution >= 0.6 is 0 Å². The molecule has 0 amide bonds. The number of nitrogens with zero attached hydrogens (tertiary/aromatic N) is 3. The van der Waals surface area contributed by atoms with Crippen LogP contribution in [-0.4, -0.2) is 31.9 Å². The monoisotopic (exact) mass is 403 g/mol. The number of allylic oxidation sites excluding steroid dienone is 2. The Morgan fingerprint density at radius 3 is 2.13 bits per heavy atom. The van der Waals surface area contributed by atoms with E-state index in [-0.39, 0.29) is 6.04 Å². The fourth-order valence-electron chi connectivity index (χ4n) is 4.19. The van der Waals surface area contributed by atoms with Gasteiger partial charge in [0, 0.05) is 34.7 Å². The molecule has 150 valence electrons. The molecule has 5 nitrogen and oxygen atoms in total. The topological polar surface area (TPSA) is 60.6 Å². The second-order valence-corrected chi connectivity index (χ2v) is 7.97. The molecule has 1 unspecified atom stereocenters. The Morgan fingerprint density at radius 1 is 0.710 bits per heavy atom. The summed E-state index contributed by atoms with van der Waals surface area (Å²) < 4.78 is 0. The molecule has 0 fully saturated rings. The summed E-state index contributed by atoms with van der Waals surface area (Å²) in [5, 5.41) is 0. The molecule has 1 atom stereocenters. The van der Waals surface area contributed by atoms with Crippen molar-refractivity contribution in [1.29, 1.82) is 0 Å². The van der Waals surface area contributed by atoms with Gasteiger partial charge in [-0.2, -0.15) is 0 Å². The van der Waals surface area contributed by atoms with Crippen LogP contribution in [0.4, 0.5) is 0 Å². The molecule has 0 saturated carbocycles. The Morgan fingerprint density at radius 2 is 1.39 bits per heavy atom. The molecule has 31 heavy (non-hydrogen) atoms. The van der Waals surface area contributed by atoms with Gasteiger partial charge in [0.05, 0.1) is 28.8 Å². The molecule has 0 spiro atoms. The summed E-state index contributed by atoms with van der Waals surface area (Å²) in [5.41, 5.74) is 9.05. The molecule has 0 saturated heterocycles. The van der Waals surface area contributed by atoms with Gasteiger partial charge in [-0.15, -0.1) is 0 Å². The van der Waals surface area contributed by atoms with E-state index in [1.807, 2.05) is 30.4 Å². The minimum absolute atomic E-state index is 0.164. The number of fused-ring (bicyclic) bond motifs is 8. The van der Waals surface area contributed by atoms with Crippen LogP contribution in [0, 0.1) is 0 Å². The number of aromatic nitrogens is 4. The van der Waals surface area contributed by atoms with E-state index in [1.54, 1.807) is 0 Å². The average Bonchev–Trinajstić information content (AvgIpc) is 3.53. The number of hydrogen-bond donors (Lipinski definition) is 2. The zero-order valence-electron chi connectivity index (χ0n) is 17.1. The van der Waals surface area contributed by atoms with Gasteiger partial charge < -0.3 is 14.9 Å². The minimum atomic E-state index is 0.164. The Bertz CT molecular complexity index is 1460. The summed E-state index contributed by atoms with van der Waals surface area (Å²) in [4.78, 5) is 18.7. The molecule has 5 heteroatoms. The highest BCUT2D eigenvalue weighted by atomic mass is 15.1. The molecule has 2 N–H and O–H groups in total. The van der Waals surface area contributed by atoms with Gasteiger partial charge in [-0.05, 0) is 79.0 Å². The van der Waals surface area contributed by atoms with Crippen LogP contribution in [0.5, 0.6) is 0 Å². The average molecular weight is 403 g/mol. The molecule has 3 aliphatic heterocycles. The normalized spacial score (nSPS) is 16.9. The zero-order chi connectivity index (χ0) is 20.8. The van der Waals surface area contributed by atoms with Crippen LogP contribution in [0.1, 0.15) is 34.4 Å². The Balaban J connectivity index is 1.64. The first-order valence-electron chi connectivity index (χ1n) is 10.3. The molecule has 0 aliphatic carbocycles. The van der Waals surface area contributed by atoms with Crippen molar-refractivity contribution >= 4 is 46.4 Å². The van der Waals surface area contributed by atoms with Crippen LogP contribution in [0.25, 0.3) is 46.4 Å². The second-order valence-electron chi connectivity index (χ2n) is 7.97. The Hall–Kier alpha value is -4.12. The Labute approximate surface area is 179 Å². The van der Waals surface area contributed by atoms with Gasteiger partial charge in [-0.3, -0.25) is 0 Å². The van der Waals surface area contributed by atoms with Gasteiger partial charge in [0.25, 0.3) is 0 Å². The lowest BCUT2D eigenvalue weighted by molar-refractivity contribution is 0.392. The van der Waals surface area contributed by atoms with Crippen molar-refractivity contribution < 1.29 is 0 Å². The standard InChI is InChI=1S/C26H21N5/c1-31-11-3-2-4-26(31)24-15-23-14-21-8-7-19(28-21)12-17-5-6-18(27-17)13-20-9-10-22(29-20)16-25(24)30-23/h2-16,26,28,30H,1H3. The highest BCUT2D eigenvalue weighted by Gasteiger charge is 2.17. The molecule has 3 aliphatic rings. The van der Waals surface area contributed by atoms with Crippen molar-refractivity contribution in [1.82, 2.24) is 24.8 Å². The quantitative estimate of drug-likeness (QED) is 0.377. The first-order valence-corrected chi connectivity index (χ1v) is 10.3. The molecular weight excluding hydrogens is 382 g/mol. The second kappa shape index (κ2) is 6.99. The highest BCUT2D eigenvalue weighted by Crippen LogP contribution is 2.29. The maximum Gasteiger partial charge on any atom is 0.0741 e. The van der Waals surface area contributed by atoms with E-state index in [0.29, 0.717) is 0 Å². The fourth-order valence-corrected chi connectivity index (χ4v) is 4.19. The van der Waals surface area contributed by atoms with Gasteiger partial charge in [-0.1, -0.05) is 12.2 Å². The van der Waals surface area contributed by atoms with Crippen molar-refractivity contribution in [2.45, 2.75) is 6.04 Å². The molecule has 3 aromatic heterocycles. The third kappa shape index (κ3) is 3.40. The van der Waals surface area contributed by atoms with E-state index in [4.69, 9.17) is 4.98 Å². The molecule has 6 heterocycles. The van der Waals surface area contributed by atoms with Gasteiger partial charge in [0.1, 0.15) is 0 Å². The lowest BCUT2D eigenvalue weighted by atomic mass is 10.0. The first-order chi connectivity index (χ1) is 15.2. The van der Waals surface area contributed by atoms with E-state index in [2.05, 4.69) is 87.7 Å². The maximum atomic E-state index is 4.78. The van der Waals surface area contributed by atoms with E-state index in [9.17, 15) is 0 Å². The van der Waals surface area contributed by atoms with Gasteiger partial charge in [0.15, 0.2) is 0 Å². The van der Waals surface area contributed by atoms with Crippen molar-refractivity contribution in [3.8, 4) is 0 Å². The van der Waals surface area contributed by atoms with Crippen molar-refractivity contribution in [2.24, 2.45) is 0 Å². The van der Waals surface area contributed by atoms with E-state index >= 15 is 0 Å². The van der Waals surface area contributed by atoms with Crippen LogP contribution in [0.3, 0.4) is 0 Å². The highest BCUT2D eigenvalue weighted by molar-refractivity contribution is 5.78. The summed E-state index contributed by atoms with van der Waals surface area (Å²) in [6, 6.07) is 14.9. The summed E-state index contributed by atoms with van der Waals surface area (Å²) in [6.45, 7) is 0. The molecule has 8 bridgehead atoms. The molecule has 0 radical (unpaired) electrons. The number of hydrogen-bond acceptors (Lipinski definition) is 3. The molecule has 6 rings (SSSR count). The van der Waals surface area contributed by atoms with E-state index < -0.39 is 0 Å². The van der Waals surface area contributed by atoms with Gasteiger partial charge in [0.2, 0.25) is 0 Å². The lowest BCUT2D eigenvalue weighted by Crippen LogP contribution is -2.18. The zero-order valence-corrected chi connectivity index (χ0v) is 17.1. The maximum absolute atomic E-state index is 4.78.